The Morgan fingerprint density at radius 3 is 2.67 bits per heavy atom. The summed E-state index contributed by atoms with van der Waals surface area (Å²) in [7, 11) is 1.37. The van der Waals surface area contributed by atoms with Gasteiger partial charge in [0.05, 0.1) is 13.0 Å². The third-order valence-electron chi connectivity index (χ3n) is 4.27. The number of likely N-dealkylation sites (tertiary alicyclic amines) is 1. The molecule has 1 aromatic carbocycles. The van der Waals surface area contributed by atoms with Gasteiger partial charge in [-0.25, -0.2) is 4.79 Å². The van der Waals surface area contributed by atoms with E-state index in [4.69, 9.17) is 4.74 Å². The molecule has 1 fully saturated rings. The molecule has 4 heteroatoms. The zero-order valence-electron chi connectivity index (χ0n) is 13.2. The first-order valence-electron chi connectivity index (χ1n) is 7.41. The molecule has 0 N–H and O–H groups in total. The number of ether oxygens (including phenoxy) is 1. The van der Waals surface area contributed by atoms with Crippen LogP contribution in [0.5, 0.6) is 0 Å². The molecule has 0 aromatic heterocycles. The summed E-state index contributed by atoms with van der Waals surface area (Å²) in [5.74, 6) is -0.542. The second kappa shape index (κ2) is 6.29. The summed E-state index contributed by atoms with van der Waals surface area (Å²) in [6.45, 7) is 6.60. The van der Waals surface area contributed by atoms with Crippen molar-refractivity contribution in [2.45, 2.75) is 45.6 Å². The van der Waals surface area contributed by atoms with Crippen LogP contribution in [0.4, 0.5) is 0 Å². The number of carbonyl (C=O) groups is 2. The summed E-state index contributed by atoms with van der Waals surface area (Å²) in [6.07, 6.45) is 1.54. The summed E-state index contributed by atoms with van der Waals surface area (Å²) < 4.78 is 4.81. The molecular formula is C17H23NO3. The van der Waals surface area contributed by atoms with Crippen LogP contribution in [0, 0.1) is 13.8 Å². The number of hydrogen-bond acceptors (Lipinski definition) is 3. The molecule has 0 aliphatic carbocycles. The van der Waals surface area contributed by atoms with Crippen molar-refractivity contribution in [3.63, 3.8) is 0 Å². The minimum atomic E-state index is -0.421. The van der Waals surface area contributed by atoms with E-state index in [1.165, 1.54) is 12.7 Å². The summed E-state index contributed by atoms with van der Waals surface area (Å²) in [5, 5.41) is 0. The lowest BCUT2D eigenvalue weighted by molar-refractivity contribution is -0.151. The third-order valence-corrected chi connectivity index (χ3v) is 4.27. The van der Waals surface area contributed by atoms with Crippen LogP contribution in [0.25, 0.3) is 0 Å². The molecule has 2 unspecified atom stereocenters. The van der Waals surface area contributed by atoms with Crippen molar-refractivity contribution in [1.29, 1.82) is 0 Å². The molecule has 1 heterocycles. The van der Waals surface area contributed by atoms with Gasteiger partial charge in [0, 0.05) is 6.54 Å². The monoisotopic (exact) mass is 289 g/mol. The van der Waals surface area contributed by atoms with Crippen LogP contribution in [0.2, 0.25) is 0 Å². The molecule has 1 amide bonds. The van der Waals surface area contributed by atoms with E-state index in [-0.39, 0.29) is 17.8 Å². The van der Waals surface area contributed by atoms with Crippen molar-refractivity contribution in [3.05, 3.63) is 34.9 Å². The van der Waals surface area contributed by atoms with E-state index in [0.29, 0.717) is 13.0 Å². The van der Waals surface area contributed by atoms with Crippen molar-refractivity contribution in [2.75, 3.05) is 13.7 Å². The van der Waals surface area contributed by atoms with E-state index < -0.39 is 6.04 Å². The first-order chi connectivity index (χ1) is 9.95. The highest BCUT2D eigenvalue weighted by atomic mass is 16.5. The highest BCUT2D eigenvalue weighted by molar-refractivity contribution is 5.89. The van der Waals surface area contributed by atoms with Crippen molar-refractivity contribution < 1.29 is 14.3 Å². The lowest BCUT2D eigenvalue weighted by Gasteiger charge is -2.26. The van der Waals surface area contributed by atoms with Crippen molar-refractivity contribution >= 4 is 11.9 Å². The van der Waals surface area contributed by atoms with Gasteiger partial charge in [0.1, 0.15) is 6.04 Å². The standard InChI is InChI=1S/C17H23NO3/c1-11-7-8-14(12(2)10-11)13(3)16(19)18-9-5-6-15(18)17(20)21-4/h7-8,10,13,15H,5-6,9H2,1-4H3. The summed E-state index contributed by atoms with van der Waals surface area (Å²) >= 11 is 0. The van der Waals surface area contributed by atoms with Crippen LogP contribution in [0.15, 0.2) is 18.2 Å². The Hall–Kier alpha value is -1.84. The maximum Gasteiger partial charge on any atom is 0.328 e. The van der Waals surface area contributed by atoms with Crippen LogP contribution < -0.4 is 0 Å². The molecule has 0 radical (unpaired) electrons. The van der Waals surface area contributed by atoms with E-state index in [2.05, 4.69) is 6.07 Å². The predicted octanol–water partition coefficient (Wildman–Crippen LogP) is 2.57. The van der Waals surface area contributed by atoms with Crippen LogP contribution in [0.1, 0.15) is 42.4 Å². The van der Waals surface area contributed by atoms with E-state index in [9.17, 15) is 9.59 Å². The third kappa shape index (κ3) is 3.09. The van der Waals surface area contributed by atoms with Crippen molar-refractivity contribution in [1.82, 2.24) is 4.90 Å². The van der Waals surface area contributed by atoms with Gasteiger partial charge >= 0.3 is 5.97 Å². The fraction of sp³-hybridized carbons (Fsp3) is 0.529. The largest absolute Gasteiger partial charge is 0.467 e. The molecule has 1 saturated heterocycles. The van der Waals surface area contributed by atoms with E-state index in [1.54, 1.807) is 4.90 Å². The maximum absolute atomic E-state index is 12.7. The molecule has 0 bridgehead atoms. The number of rotatable bonds is 3. The number of aryl methyl sites for hydroxylation is 2. The van der Waals surface area contributed by atoms with Gasteiger partial charge in [0.25, 0.3) is 0 Å². The maximum atomic E-state index is 12.7. The molecule has 0 spiro atoms. The quantitative estimate of drug-likeness (QED) is 0.803. The predicted molar refractivity (Wildman–Crippen MR) is 81.1 cm³/mol. The van der Waals surface area contributed by atoms with E-state index >= 15 is 0 Å². The number of nitrogens with zero attached hydrogens (tertiary/aromatic N) is 1. The zero-order valence-corrected chi connectivity index (χ0v) is 13.2. The fourth-order valence-electron chi connectivity index (χ4n) is 3.10. The van der Waals surface area contributed by atoms with Gasteiger partial charge in [0.2, 0.25) is 5.91 Å². The van der Waals surface area contributed by atoms with Gasteiger partial charge in [-0.3, -0.25) is 4.79 Å². The molecular weight excluding hydrogens is 266 g/mol. The van der Waals surface area contributed by atoms with Gasteiger partial charge in [0.15, 0.2) is 0 Å². The Morgan fingerprint density at radius 2 is 2.05 bits per heavy atom. The van der Waals surface area contributed by atoms with Gasteiger partial charge in [-0.05, 0) is 44.7 Å². The molecule has 1 aromatic rings. The Balaban J connectivity index is 2.20. The SMILES string of the molecule is COC(=O)C1CCCN1C(=O)C(C)c1ccc(C)cc1C. The second-order valence-electron chi connectivity index (χ2n) is 5.79. The normalized spacial score (nSPS) is 19.4. The molecule has 2 atom stereocenters. The highest BCUT2D eigenvalue weighted by Crippen LogP contribution is 2.27. The molecule has 1 aliphatic heterocycles. The van der Waals surface area contributed by atoms with Gasteiger partial charge < -0.3 is 9.64 Å². The minimum absolute atomic E-state index is 0.00912. The molecule has 1 aliphatic rings. The van der Waals surface area contributed by atoms with Gasteiger partial charge in [-0.1, -0.05) is 23.8 Å². The molecule has 21 heavy (non-hydrogen) atoms. The first-order valence-corrected chi connectivity index (χ1v) is 7.41. The molecule has 114 valence electrons. The Kier molecular flexibility index (Phi) is 4.66. The van der Waals surface area contributed by atoms with Gasteiger partial charge in [-0.15, -0.1) is 0 Å². The number of amides is 1. The molecule has 0 saturated carbocycles. The smallest absolute Gasteiger partial charge is 0.328 e. The van der Waals surface area contributed by atoms with E-state index in [1.807, 2.05) is 32.9 Å². The van der Waals surface area contributed by atoms with Crippen LogP contribution >= 0.6 is 0 Å². The molecule has 2 rings (SSSR count). The Labute approximate surface area is 126 Å². The summed E-state index contributed by atoms with van der Waals surface area (Å²) in [6, 6.07) is 5.70. The number of carbonyl (C=O) groups excluding carboxylic acids is 2. The topological polar surface area (TPSA) is 46.6 Å². The van der Waals surface area contributed by atoms with Crippen LogP contribution in [-0.2, 0) is 14.3 Å². The summed E-state index contributed by atoms with van der Waals surface area (Å²) in [4.78, 5) is 26.2. The lowest BCUT2D eigenvalue weighted by atomic mass is 9.93. The van der Waals surface area contributed by atoms with Crippen molar-refractivity contribution in [3.8, 4) is 0 Å². The number of esters is 1. The Morgan fingerprint density at radius 1 is 1.33 bits per heavy atom. The average Bonchev–Trinajstić information content (AvgIpc) is 2.94. The number of benzene rings is 1. The van der Waals surface area contributed by atoms with E-state index in [0.717, 1.165) is 17.5 Å². The lowest BCUT2D eigenvalue weighted by Crippen LogP contribution is -2.43. The number of methoxy groups -OCH3 is 1. The van der Waals surface area contributed by atoms with Crippen LogP contribution in [0.3, 0.4) is 0 Å². The second-order valence-corrected chi connectivity index (χ2v) is 5.79. The average molecular weight is 289 g/mol. The molecule has 4 nitrogen and oxygen atoms in total. The number of hydrogen-bond donors (Lipinski definition) is 0. The minimum Gasteiger partial charge on any atom is -0.467 e. The van der Waals surface area contributed by atoms with Crippen LogP contribution in [-0.4, -0.2) is 36.5 Å². The summed E-state index contributed by atoms with van der Waals surface area (Å²) in [5.41, 5.74) is 3.33. The highest BCUT2D eigenvalue weighted by Gasteiger charge is 2.37. The Bertz CT molecular complexity index is 553. The van der Waals surface area contributed by atoms with Crippen molar-refractivity contribution in [2.24, 2.45) is 0 Å². The zero-order chi connectivity index (χ0) is 15.6. The first kappa shape index (κ1) is 15.5. The fourth-order valence-corrected chi connectivity index (χ4v) is 3.10. The van der Waals surface area contributed by atoms with Gasteiger partial charge in [-0.2, -0.15) is 0 Å².